The molecule has 0 radical (unpaired) electrons. The van der Waals surface area contributed by atoms with Gasteiger partial charge in [0.25, 0.3) is 5.91 Å². The van der Waals surface area contributed by atoms with Crippen molar-refractivity contribution in [2.24, 2.45) is 7.05 Å². The summed E-state index contributed by atoms with van der Waals surface area (Å²) in [6.07, 6.45) is 3.81. The smallest absolute Gasteiger partial charge is 0.344 e. The van der Waals surface area contributed by atoms with E-state index in [0.29, 0.717) is 18.0 Å². The molecule has 1 atom stereocenters. The molecular formula is C22H23F3N6O. The Morgan fingerprint density at radius 1 is 1.16 bits per heavy atom. The molecule has 2 aliphatic carbocycles. The lowest BCUT2D eigenvalue weighted by Crippen LogP contribution is -2.30. The van der Waals surface area contributed by atoms with E-state index in [1.165, 1.54) is 10.7 Å². The highest BCUT2D eigenvalue weighted by atomic mass is 19.4. The minimum atomic E-state index is -4.53. The quantitative estimate of drug-likeness (QED) is 0.615. The molecule has 10 heteroatoms. The van der Waals surface area contributed by atoms with Gasteiger partial charge in [0.1, 0.15) is 11.4 Å². The molecular weight excluding hydrogens is 421 g/mol. The van der Waals surface area contributed by atoms with Crippen molar-refractivity contribution in [2.45, 2.75) is 56.7 Å². The van der Waals surface area contributed by atoms with Crippen LogP contribution in [0.2, 0.25) is 0 Å². The van der Waals surface area contributed by atoms with Crippen LogP contribution < -0.4 is 5.32 Å². The number of carbonyl (C=O) groups is 1. The molecule has 3 heterocycles. The molecule has 0 bridgehead atoms. The van der Waals surface area contributed by atoms with Crippen molar-refractivity contribution in [3.63, 3.8) is 0 Å². The molecule has 1 fully saturated rings. The van der Waals surface area contributed by atoms with E-state index >= 15 is 0 Å². The van der Waals surface area contributed by atoms with Crippen LogP contribution in [0.1, 0.15) is 77.2 Å². The van der Waals surface area contributed by atoms with Gasteiger partial charge in [-0.2, -0.15) is 23.4 Å². The number of aryl methyl sites for hydroxylation is 2. The second kappa shape index (κ2) is 7.75. The van der Waals surface area contributed by atoms with Gasteiger partial charge in [0.2, 0.25) is 0 Å². The van der Waals surface area contributed by atoms with Crippen LogP contribution >= 0.6 is 0 Å². The lowest BCUT2D eigenvalue weighted by molar-refractivity contribution is -0.141. The van der Waals surface area contributed by atoms with Gasteiger partial charge in [0, 0.05) is 30.9 Å². The molecule has 1 N–H and O–H groups in total. The first-order chi connectivity index (χ1) is 15.3. The molecule has 5 rings (SSSR count). The Hall–Kier alpha value is -3.17. The average molecular weight is 444 g/mol. The van der Waals surface area contributed by atoms with Crippen LogP contribution in [-0.4, -0.2) is 30.5 Å². The Kier molecular flexibility index (Phi) is 5.02. The molecule has 3 aromatic heterocycles. The number of carbonyl (C=O) groups excluding carboxylic acids is 1. The van der Waals surface area contributed by atoms with E-state index < -0.39 is 11.9 Å². The van der Waals surface area contributed by atoms with Gasteiger partial charge in [-0.1, -0.05) is 6.42 Å². The highest BCUT2D eigenvalue weighted by Gasteiger charge is 2.33. The largest absolute Gasteiger partial charge is 0.433 e. The topological polar surface area (TPSA) is 77.6 Å². The monoisotopic (exact) mass is 444 g/mol. The second-order valence-corrected chi connectivity index (χ2v) is 8.50. The fourth-order valence-electron chi connectivity index (χ4n) is 4.22. The maximum atomic E-state index is 13.1. The van der Waals surface area contributed by atoms with Crippen molar-refractivity contribution < 1.29 is 18.0 Å². The van der Waals surface area contributed by atoms with Crippen molar-refractivity contribution in [1.82, 2.24) is 29.9 Å². The fourth-order valence-corrected chi connectivity index (χ4v) is 4.22. The summed E-state index contributed by atoms with van der Waals surface area (Å²) in [5.41, 5.74) is 2.41. The number of alkyl halides is 3. The van der Waals surface area contributed by atoms with Gasteiger partial charge in [0.15, 0.2) is 0 Å². The van der Waals surface area contributed by atoms with Gasteiger partial charge >= 0.3 is 6.18 Å². The van der Waals surface area contributed by atoms with Crippen LogP contribution in [0.15, 0.2) is 30.6 Å². The summed E-state index contributed by atoms with van der Waals surface area (Å²) in [6, 6.07) is 4.06. The van der Waals surface area contributed by atoms with Crippen molar-refractivity contribution in [3.8, 4) is 5.69 Å². The lowest BCUT2D eigenvalue weighted by atomic mass is 10.1. The highest BCUT2D eigenvalue weighted by Crippen LogP contribution is 2.39. The zero-order valence-corrected chi connectivity index (χ0v) is 17.6. The summed E-state index contributed by atoms with van der Waals surface area (Å²) in [7, 11) is 1.76. The summed E-state index contributed by atoms with van der Waals surface area (Å²) >= 11 is 0. The number of hydrogen-bond donors (Lipinski definition) is 1. The minimum Gasteiger partial charge on any atom is -0.344 e. The molecule has 1 saturated carbocycles. The van der Waals surface area contributed by atoms with Gasteiger partial charge < -0.3 is 5.32 Å². The van der Waals surface area contributed by atoms with Crippen LogP contribution in [0.4, 0.5) is 13.2 Å². The predicted octanol–water partition coefficient (Wildman–Crippen LogP) is 4.09. The van der Waals surface area contributed by atoms with E-state index in [1.54, 1.807) is 17.9 Å². The molecule has 7 nitrogen and oxygen atoms in total. The van der Waals surface area contributed by atoms with E-state index in [9.17, 15) is 18.0 Å². The maximum absolute atomic E-state index is 13.1. The Morgan fingerprint density at radius 2 is 1.97 bits per heavy atom. The Morgan fingerprint density at radius 3 is 2.72 bits per heavy atom. The number of hydrogen-bond acceptors (Lipinski definition) is 4. The maximum Gasteiger partial charge on any atom is 0.433 e. The molecule has 3 aromatic rings. The third-order valence-corrected chi connectivity index (χ3v) is 6.09. The van der Waals surface area contributed by atoms with Gasteiger partial charge in [0.05, 0.1) is 23.1 Å². The Balaban J connectivity index is 1.42. The second-order valence-electron chi connectivity index (χ2n) is 8.50. The van der Waals surface area contributed by atoms with Gasteiger partial charge in [-0.25, -0.2) is 4.68 Å². The van der Waals surface area contributed by atoms with Gasteiger partial charge in [-0.05, 0) is 50.3 Å². The zero-order valence-electron chi connectivity index (χ0n) is 17.6. The first-order valence-electron chi connectivity index (χ1n) is 10.8. The van der Waals surface area contributed by atoms with Crippen LogP contribution in [0.5, 0.6) is 0 Å². The van der Waals surface area contributed by atoms with E-state index in [1.807, 2.05) is 6.07 Å². The van der Waals surface area contributed by atoms with Gasteiger partial charge in [-0.15, -0.1) is 0 Å². The number of fused-ring (bicyclic) bond motifs is 1. The Labute approximate surface area is 182 Å². The van der Waals surface area contributed by atoms with Crippen molar-refractivity contribution in [1.29, 1.82) is 0 Å². The summed E-state index contributed by atoms with van der Waals surface area (Å²) in [5.74, 6) is 0.244. The SMILES string of the molecule is Cn1nc(C2CC2)cc1C(=O)N[C@H]1CCCCc2nn(-c3ccnc(C(F)(F)F)c3)cc21. The number of nitrogens with zero attached hydrogens (tertiary/aromatic N) is 5. The highest BCUT2D eigenvalue weighted by molar-refractivity contribution is 5.93. The molecule has 0 unspecified atom stereocenters. The molecule has 1 amide bonds. The Bertz CT molecular complexity index is 1160. The third kappa shape index (κ3) is 4.01. The van der Waals surface area contributed by atoms with Crippen molar-refractivity contribution in [2.75, 3.05) is 0 Å². The number of aromatic nitrogens is 5. The first kappa shape index (κ1) is 20.7. The number of amides is 1. The standard InChI is InChI=1S/C22H23F3N6O/c1-30-19(11-18(28-30)13-6-7-13)21(32)27-16-4-2-3-5-17-15(16)12-31(29-17)14-8-9-26-20(10-14)22(23,24)25/h8-13,16H,2-7H2,1H3,(H,27,32)/t16-/m0/s1. The molecule has 0 spiro atoms. The molecule has 0 aliphatic heterocycles. The van der Waals surface area contributed by atoms with Gasteiger partial charge in [-0.3, -0.25) is 14.5 Å². The van der Waals surface area contributed by atoms with E-state index in [2.05, 4.69) is 20.5 Å². The molecule has 32 heavy (non-hydrogen) atoms. The van der Waals surface area contributed by atoms with Crippen LogP contribution in [0.3, 0.4) is 0 Å². The van der Waals surface area contributed by atoms with E-state index in [4.69, 9.17) is 0 Å². The summed E-state index contributed by atoms with van der Waals surface area (Å²) in [4.78, 5) is 16.4. The number of pyridine rings is 1. The van der Waals surface area contributed by atoms with Crippen molar-refractivity contribution >= 4 is 5.91 Å². The zero-order chi connectivity index (χ0) is 22.5. The third-order valence-electron chi connectivity index (χ3n) is 6.09. The van der Waals surface area contributed by atoms with E-state index in [0.717, 1.165) is 61.3 Å². The van der Waals surface area contributed by atoms with Crippen molar-refractivity contribution in [3.05, 3.63) is 58.9 Å². The van der Waals surface area contributed by atoms with Crippen LogP contribution in [0.25, 0.3) is 5.69 Å². The predicted molar refractivity (Wildman–Crippen MR) is 109 cm³/mol. The molecule has 0 saturated heterocycles. The minimum absolute atomic E-state index is 0.208. The van der Waals surface area contributed by atoms with Crippen LogP contribution in [-0.2, 0) is 19.6 Å². The fraction of sp³-hybridized carbons (Fsp3) is 0.455. The van der Waals surface area contributed by atoms with E-state index in [-0.39, 0.29) is 17.6 Å². The molecule has 0 aromatic carbocycles. The first-order valence-corrected chi connectivity index (χ1v) is 10.8. The average Bonchev–Trinajstić information content (AvgIpc) is 3.45. The number of rotatable bonds is 4. The molecule has 168 valence electrons. The summed E-state index contributed by atoms with van der Waals surface area (Å²) in [6.45, 7) is 0. The molecule has 2 aliphatic rings. The van der Waals surface area contributed by atoms with Crippen LogP contribution in [0, 0.1) is 0 Å². The summed E-state index contributed by atoms with van der Waals surface area (Å²) in [5, 5.41) is 12.1. The lowest BCUT2D eigenvalue weighted by Gasteiger charge is -2.16. The number of nitrogens with one attached hydrogen (secondary N) is 1. The normalized spacial score (nSPS) is 18.8. The summed E-state index contributed by atoms with van der Waals surface area (Å²) < 4.78 is 42.3. The number of halogens is 3.